The van der Waals surface area contributed by atoms with Crippen molar-refractivity contribution in [2.24, 2.45) is 0 Å². The maximum atomic E-state index is 13.1. The number of hydrogen-bond donors (Lipinski definition) is 1. The summed E-state index contributed by atoms with van der Waals surface area (Å²) in [6, 6.07) is 13.2. The molecule has 0 atom stereocenters. The van der Waals surface area contributed by atoms with E-state index in [0.29, 0.717) is 0 Å². The Balaban J connectivity index is 2.25. The van der Waals surface area contributed by atoms with Crippen LogP contribution in [0.4, 0.5) is 0 Å². The molecule has 1 N–H and O–H groups in total. The highest BCUT2D eigenvalue weighted by Gasteiger charge is 2.26. The summed E-state index contributed by atoms with van der Waals surface area (Å²) < 4.78 is 55.7. The molecule has 0 aliphatic rings. The number of nitrogens with zero attached hydrogens (tertiary/aromatic N) is 1. The van der Waals surface area contributed by atoms with Crippen molar-refractivity contribution in [3.8, 4) is 5.75 Å². The molecular weight excluding hydrogens is 428 g/mol. The standard InChI is InChI=1S/C20H26N2O6S2/c1-4-29(24,25)13-12-21-20(23)17-10-11-18(28-3)19(14-17)30(26,27)22(2)15-16-8-6-5-7-9-16/h5-11,14H,4,12-13,15H2,1-3H3,(H,21,23). The number of amides is 1. The Morgan fingerprint density at radius 1 is 1.07 bits per heavy atom. The van der Waals surface area contributed by atoms with Gasteiger partial charge in [-0.3, -0.25) is 4.79 Å². The number of carbonyl (C=O) groups excluding carboxylic acids is 1. The number of hydrogen-bond acceptors (Lipinski definition) is 6. The number of benzene rings is 2. The van der Waals surface area contributed by atoms with Crippen LogP contribution in [0.15, 0.2) is 53.4 Å². The molecule has 2 aromatic carbocycles. The second-order valence-corrected chi connectivity index (χ2v) is 11.1. The first kappa shape index (κ1) is 23.8. The van der Waals surface area contributed by atoms with Crippen LogP contribution in [-0.2, 0) is 26.4 Å². The molecule has 164 valence electrons. The number of sulfonamides is 1. The van der Waals surface area contributed by atoms with E-state index in [2.05, 4.69) is 5.32 Å². The quantitative estimate of drug-likeness (QED) is 0.585. The Hall–Kier alpha value is -2.43. The van der Waals surface area contributed by atoms with Crippen LogP contribution in [0.2, 0.25) is 0 Å². The first-order chi connectivity index (χ1) is 14.1. The topological polar surface area (TPSA) is 110 Å². The van der Waals surface area contributed by atoms with Crippen molar-refractivity contribution < 1.29 is 26.4 Å². The smallest absolute Gasteiger partial charge is 0.251 e. The Labute approximate surface area is 177 Å². The normalized spacial score (nSPS) is 12.0. The third-order valence-electron chi connectivity index (χ3n) is 4.50. The fourth-order valence-electron chi connectivity index (χ4n) is 2.68. The molecule has 10 heteroatoms. The van der Waals surface area contributed by atoms with E-state index in [9.17, 15) is 21.6 Å². The van der Waals surface area contributed by atoms with E-state index < -0.39 is 25.8 Å². The van der Waals surface area contributed by atoms with Gasteiger partial charge >= 0.3 is 0 Å². The molecule has 0 aliphatic carbocycles. The van der Waals surface area contributed by atoms with Gasteiger partial charge in [0.1, 0.15) is 10.6 Å². The van der Waals surface area contributed by atoms with E-state index in [4.69, 9.17) is 4.74 Å². The molecule has 0 radical (unpaired) electrons. The first-order valence-electron chi connectivity index (χ1n) is 9.27. The third kappa shape index (κ3) is 6.04. The van der Waals surface area contributed by atoms with E-state index in [1.165, 1.54) is 43.6 Å². The van der Waals surface area contributed by atoms with Gasteiger partial charge in [-0.1, -0.05) is 37.3 Å². The summed E-state index contributed by atoms with van der Waals surface area (Å²) in [5.74, 6) is -0.649. The second-order valence-electron chi connectivity index (χ2n) is 6.60. The summed E-state index contributed by atoms with van der Waals surface area (Å²) in [4.78, 5) is 12.3. The average molecular weight is 455 g/mol. The van der Waals surface area contributed by atoms with E-state index in [1.807, 2.05) is 30.3 Å². The summed E-state index contributed by atoms with van der Waals surface area (Å²) in [6.45, 7) is 1.62. The van der Waals surface area contributed by atoms with Gasteiger partial charge in [0.15, 0.2) is 9.84 Å². The summed E-state index contributed by atoms with van der Waals surface area (Å²) >= 11 is 0. The number of rotatable bonds is 10. The highest BCUT2D eigenvalue weighted by Crippen LogP contribution is 2.28. The summed E-state index contributed by atoms with van der Waals surface area (Å²) in [5, 5.41) is 2.51. The van der Waals surface area contributed by atoms with Gasteiger partial charge in [0, 0.05) is 31.5 Å². The zero-order valence-corrected chi connectivity index (χ0v) is 18.8. The summed E-state index contributed by atoms with van der Waals surface area (Å²) in [7, 11) is -4.37. The molecule has 30 heavy (non-hydrogen) atoms. The number of carbonyl (C=O) groups is 1. The van der Waals surface area contributed by atoms with E-state index in [1.54, 1.807) is 0 Å². The van der Waals surface area contributed by atoms with Gasteiger partial charge in [-0.25, -0.2) is 16.8 Å². The predicted molar refractivity (Wildman–Crippen MR) is 115 cm³/mol. The molecule has 2 aromatic rings. The largest absolute Gasteiger partial charge is 0.495 e. The average Bonchev–Trinajstić information content (AvgIpc) is 2.73. The Morgan fingerprint density at radius 3 is 2.33 bits per heavy atom. The van der Waals surface area contributed by atoms with Crippen molar-refractivity contribution in [2.45, 2.75) is 18.4 Å². The van der Waals surface area contributed by atoms with Crippen LogP contribution in [-0.4, -0.2) is 59.3 Å². The van der Waals surface area contributed by atoms with Crippen molar-refractivity contribution >= 4 is 25.8 Å². The lowest BCUT2D eigenvalue weighted by Crippen LogP contribution is -2.30. The number of methoxy groups -OCH3 is 1. The Kier molecular flexibility index (Phi) is 7.99. The molecule has 0 saturated heterocycles. The third-order valence-corrected chi connectivity index (χ3v) is 8.03. The van der Waals surface area contributed by atoms with E-state index in [-0.39, 0.29) is 40.8 Å². The second kappa shape index (κ2) is 10.1. The molecule has 0 saturated carbocycles. The van der Waals surface area contributed by atoms with E-state index in [0.717, 1.165) is 5.56 Å². The zero-order valence-electron chi connectivity index (χ0n) is 17.2. The van der Waals surface area contributed by atoms with Crippen LogP contribution in [0.3, 0.4) is 0 Å². The lowest BCUT2D eigenvalue weighted by atomic mass is 10.2. The molecule has 0 unspecified atom stereocenters. The predicted octanol–water partition coefficient (Wildman–Crippen LogP) is 1.68. The van der Waals surface area contributed by atoms with Gasteiger partial charge in [0.2, 0.25) is 10.0 Å². The minimum absolute atomic E-state index is 0.0124. The minimum Gasteiger partial charge on any atom is -0.495 e. The number of ether oxygens (including phenoxy) is 1. The fourth-order valence-corrected chi connectivity index (χ4v) is 4.72. The highest BCUT2D eigenvalue weighted by molar-refractivity contribution is 7.91. The van der Waals surface area contributed by atoms with Crippen LogP contribution >= 0.6 is 0 Å². The minimum atomic E-state index is -3.95. The zero-order chi connectivity index (χ0) is 22.4. The van der Waals surface area contributed by atoms with Gasteiger partial charge in [0.25, 0.3) is 5.91 Å². The van der Waals surface area contributed by atoms with Gasteiger partial charge in [-0.05, 0) is 23.8 Å². The van der Waals surface area contributed by atoms with Crippen LogP contribution < -0.4 is 10.1 Å². The number of sulfone groups is 1. The van der Waals surface area contributed by atoms with Crippen molar-refractivity contribution in [2.75, 3.05) is 32.2 Å². The lowest BCUT2D eigenvalue weighted by Gasteiger charge is -2.19. The highest BCUT2D eigenvalue weighted by atomic mass is 32.2. The molecule has 0 fully saturated rings. The van der Waals surface area contributed by atoms with Gasteiger partial charge in [0.05, 0.1) is 12.9 Å². The fraction of sp³-hybridized carbons (Fsp3) is 0.350. The molecule has 0 aromatic heterocycles. The molecule has 1 amide bonds. The van der Waals surface area contributed by atoms with Gasteiger partial charge in [-0.2, -0.15) is 4.31 Å². The Morgan fingerprint density at radius 2 is 1.73 bits per heavy atom. The summed E-state index contributed by atoms with van der Waals surface area (Å²) in [6.07, 6.45) is 0. The molecule has 0 heterocycles. The SMILES string of the molecule is CCS(=O)(=O)CCNC(=O)c1ccc(OC)c(S(=O)(=O)N(C)Cc2ccccc2)c1. The first-order valence-corrected chi connectivity index (χ1v) is 12.5. The Bertz CT molecular complexity index is 1080. The van der Waals surface area contributed by atoms with Crippen LogP contribution in [0, 0.1) is 0 Å². The maximum Gasteiger partial charge on any atom is 0.251 e. The van der Waals surface area contributed by atoms with Crippen molar-refractivity contribution in [3.63, 3.8) is 0 Å². The number of nitrogens with one attached hydrogen (secondary N) is 1. The summed E-state index contributed by atoms with van der Waals surface area (Å²) in [5.41, 5.74) is 0.907. The maximum absolute atomic E-state index is 13.1. The van der Waals surface area contributed by atoms with Gasteiger partial charge < -0.3 is 10.1 Å². The van der Waals surface area contributed by atoms with Crippen LogP contribution in [0.1, 0.15) is 22.8 Å². The molecule has 2 rings (SSSR count). The van der Waals surface area contributed by atoms with Crippen LogP contribution in [0.5, 0.6) is 5.75 Å². The molecule has 8 nitrogen and oxygen atoms in total. The van der Waals surface area contributed by atoms with Gasteiger partial charge in [-0.15, -0.1) is 0 Å². The van der Waals surface area contributed by atoms with Crippen LogP contribution in [0.25, 0.3) is 0 Å². The molecule has 0 aliphatic heterocycles. The molecular formula is C20H26N2O6S2. The monoisotopic (exact) mass is 454 g/mol. The van der Waals surface area contributed by atoms with Crippen molar-refractivity contribution in [1.82, 2.24) is 9.62 Å². The molecule has 0 bridgehead atoms. The lowest BCUT2D eigenvalue weighted by molar-refractivity contribution is 0.0956. The molecule has 0 spiro atoms. The van der Waals surface area contributed by atoms with Crippen molar-refractivity contribution in [3.05, 3.63) is 59.7 Å². The van der Waals surface area contributed by atoms with E-state index >= 15 is 0 Å². The van der Waals surface area contributed by atoms with Crippen molar-refractivity contribution in [1.29, 1.82) is 0 Å².